The number of fused-ring (bicyclic) bond motifs is 1. The zero-order chi connectivity index (χ0) is 6.97. The van der Waals surface area contributed by atoms with Crippen LogP contribution in [-0.4, -0.2) is 12.7 Å². The molecule has 0 aromatic heterocycles. The number of hydrogen-bond donors (Lipinski definition) is 0. The highest BCUT2D eigenvalue weighted by molar-refractivity contribution is 5.00. The fraction of sp³-hybridized carbons (Fsp3) is 1.00. The number of hydrogen-bond acceptors (Lipinski definition) is 1. The Labute approximate surface area is 62.8 Å². The van der Waals surface area contributed by atoms with Crippen molar-refractivity contribution in [2.75, 3.05) is 6.61 Å². The highest BCUT2D eigenvalue weighted by Crippen LogP contribution is 2.51. The van der Waals surface area contributed by atoms with Gasteiger partial charge in [0.1, 0.15) is 0 Å². The quantitative estimate of drug-likeness (QED) is 0.571. The summed E-state index contributed by atoms with van der Waals surface area (Å²) in [6, 6.07) is 0. The molecule has 0 aromatic rings. The van der Waals surface area contributed by atoms with Crippen molar-refractivity contribution in [3.8, 4) is 0 Å². The summed E-state index contributed by atoms with van der Waals surface area (Å²) in [7, 11) is 0. The summed E-state index contributed by atoms with van der Waals surface area (Å²) >= 11 is 0. The summed E-state index contributed by atoms with van der Waals surface area (Å²) in [4.78, 5) is 0. The van der Waals surface area contributed by atoms with Crippen LogP contribution in [0.1, 0.15) is 32.6 Å². The van der Waals surface area contributed by atoms with Crippen molar-refractivity contribution >= 4 is 0 Å². The number of ether oxygens (including phenoxy) is 1. The molecule has 0 bridgehead atoms. The van der Waals surface area contributed by atoms with Crippen LogP contribution in [0.25, 0.3) is 0 Å². The van der Waals surface area contributed by atoms with E-state index in [2.05, 4.69) is 6.92 Å². The van der Waals surface area contributed by atoms with Crippen LogP contribution in [0.4, 0.5) is 0 Å². The standard InChI is InChI=1S/C9H16O/c1-2-10-9-7-5-3-4-6-8(7)9/h7-9H,2-6H2,1H3. The zero-order valence-electron chi connectivity index (χ0n) is 6.68. The summed E-state index contributed by atoms with van der Waals surface area (Å²) in [5.41, 5.74) is 0. The van der Waals surface area contributed by atoms with Gasteiger partial charge in [-0.15, -0.1) is 0 Å². The normalized spacial score (nSPS) is 44.7. The maximum atomic E-state index is 5.60. The van der Waals surface area contributed by atoms with Crippen molar-refractivity contribution in [2.45, 2.75) is 38.7 Å². The summed E-state index contributed by atoms with van der Waals surface area (Å²) in [5, 5.41) is 0. The van der Waals surface area contributed by atoms with E-state index in [0.29, 0.717) is 6.10 Å². The molecule has 2 aliphatic rings. The van der Waals surface area contributed by atoms with E-state index in [1.54, 1.807) is 0 Å². The van der Waals surface area contributed by atoms with Gasteiger partial charge in [-0.2, -0.15) is 0 Å². The van der Waals surface area contributed by atoms with Gasteiger partial charge in [0.25, 0.3) is 0 Å². The van der Waals surface area contributed by atoms with Crippen LogP contribution < -0.4 is 0 Å². The predicted octanol–water partition coefficient (Wildman–Crippen LogP) is 2.21. The molecule has 2 fully saturated rings. The fourth-order valence-corrected chi connectivity index (χ4v) is 2.37. The first-order valence-corrected chi connectivity index (χ1v) is 4.55. The Morgan fingerprint density at radius 2 is 1.80 bits per heavy atom. The van der Waals surface area contributed by atoms with Gasteiger partial charge >= 0.3 is 0 Å². The molecule has 2 saturated carbocycles. The maximum Gasteiger partial charge on any atom is 0.0638 e. The van der Waals surface area contributed by atoms with Gasteiger partial charge in [0.05, 0.1) is 6.10 Å². The van der Waals surface area contributed by atoms with Crippen molar-refractivity contribution in [1.29, 1.82) is 0 Å². The lowest BCUT2D eigenvalue weighted by Crippen LogP contribution is -1.95. The Morgan fingerprint density at radius 1 is 1.20 bits per heavy atom. The molecule has 2 atom stereocenters. The van der Waals surface area contributed by atoms with Crippen LogP contribution in [0.2, 0.25) is 0 Å². The van der Waals surface area contributed by atoms with E-state index in [0.717, 1.165) is 18.4 Å². The topological polar surface area (TPSA) is 9.23 Å². The lowest BCUT2D eigenvalue weighted by Gasteiger charge is -2.04. The summed E-state index contributed by atoms with van der Waals surface area (Å²) < 4.78 is 5.60. The Balaban J connectivity index is 1.82. The molecule has 2 unspecified atom stereocenters. The van der Waals surface area contributed by atoms with E-state index in [1.807, 2.05) is 0 Å². The molecule has 1 heteroatoms. The molecule has 58 valence electrons. The Kier molecular flexibility index (Phi) is 1.69. The van der Waals surface area contributed by atoms with Crippen molar-refractivity contribution in [1.82, 2.24) is 0 Å². The molecule has 0 spiro atoms. The summed E-state index contributed by atoms with van der Waals surface area (Å²) in [6.07, 6.45) is 6.45. The third kappa shape index (κ3) is 0.968. The van der Waals surface area contributed by atoms with Gasteiger partial charge in [-0.25, -0.2) is 0 Å². The minimum absolute atomic E-state index is 0.674. The smallest absolute Gasteiger partial charge is 0.0638 e. The van der Waals surface area contributed by atoms with Crippen molar-refractivity contribution in [2.24, 2.45) is 11.8 Å². The second-order valence-electron chi connectivity index (χ2n) is 3.53. The van der Waals surface area contributed by atoms with Gasteiger partial charge in [-0.1, -0.05) is 12.8 Å². The SMILES string of the molecule is CCOC1C2CCCCC21. The van der Waals surface area contributed by atoms with E-state index in [9.17, 15) is 0 Å². The third-order valence-corrected chi connectivity index (χ3v) is 2.94. The fourth-order valence-electron chi connectivity index (χ4n) is 2.37. The molecule has 1 nitrogen and oxygen atoms in total. The molecule has 0 radical (unpaired) electrons. The third-order valence-electron chi connectivity index (χ3n) is 2.94. The monoisotopic (exact) mass is 140 g/mol. The first kappa shape index (κ1) is 6.66. The van der Waals surface area contributed by atoms with Gasteiger partial charge in [0.15, 0.2) is 0 Å². The summed E-state index contributed by atoms with van der Waals surface area (Å²) in [6.45, 7) is 3.02. The van der Waals surface area contributed by atoms with Crippen LogP contribution in [0.3, 0.4) is 0 Å². The largest absolute Gasteiger partial charge is 0.378 e. The first-order valence-electron chi connectivity index (χ1n) is 4.55. The minimum Gasteiger partial charge on any atom is -0.378 e. The molecule has 0 amide bonds. The van der Waals surface area contributed by atoms with Crippen LogP contribution in [0, 0.1) is 11.8 Å². The Bertz CT molecular complexity index is 110. The molecule has 0 aliphatic heterocycles. The zero-order valence-corrected chi connectivity index (χ0v) is 6.68. The average molecular weight is 140 g/mol. The molecule has 10 heavy (non-hydrogen) atoms. The maximum absolute atomic E-state index is 5.60. The lowest BCUT2D eigenvalue weighted by molar-refractivity contribution is 0.113. The van der Waals surface area contributed by atoms with E-state index in [4.69, 9.17) is 4.74 Å². The van der Waals surface area contributed by atoms with Crippen molar-refractivity contribution in [3.05, 3.63) is 0 Å². The highest BCUT2D eigenvalue weighted by atomic mass is 16.5. The molecule has 2 aliphatic carbocycles. The second kappa shape index (κ2) is 2.54. The van der Waals surface area contributed by atoms with Gasteiger partial charge in [-0.3, -0.25) is 0 Å². The van der Waals surface area contributed by atoms with E-state index < -0.39 is 0 Å². The van der Waals surface area contributed by atoms with E-state index in [1.165, 1.54) is 25.7 Å². The first-order chi connectivity index (χ1) is 4.93. The summed E-state index contributed by atoms with van der Waals surface area (Å²) in [5.74, 6) is 1.93. The van der Waals surface area contributed by atoms with Gasteiger partial charge < -0.3 is 4.74 Å². The van der Waals surface area contributed by atoms with Gasteiger partial charge in [0, 0.05) is 6.61 Å². The molecule has 2 rings (SSSR count). The Hall–Kier alpha value is -0.0400. The average Bonchev–Trinajstić information content (AvgIpc) is 2.66. The Morgan fingerprint density at radius 3 is 2.30 bits per heavy atom. The lowest BCUT2D eigenvalue weighted by atomic mass is 10.0. The molecule has 0 aromatic carbocycles. The highest BCUT2D eigenvalue weighted by Gasteiger charge is 2.51. The van der Waals surface area contributed by atoms with Crippen molar-refractivity contribution < 1.29 is 4.74 Å². The van der Waals surface area contributed by atoms with E-state index >= 15 is 0 Å². The molecular formula is C9H16O. The molecular weight excluding hydrogens is 124 g/mol. The molecule has 0 saturated heterocycles. The van der Waals surface area contributed by atoms with Gasteiger partial charge in [0.2, 0.25) is 0 Å². The molecule has 0 heterocycles. The predicted molar refractivity (Wildman–Crippen MR) is 40.9 cm³/mol. The van der Waals surface area contributed by atoms with Gasteiger partial charge in [-0.05, 0) is 31.6 Å². The van der Waals surface area contributed by atoms with Crippen molar-refractivity contribution in [3.63, 3.8) is 0 Å². The van der Waals surface area contributed by atoms with E-state index in [-0.39, 0.29) is 0 Å². The van der Waals surface area contributed by atoms with Crippen LogP contribution in [-0.2, 0) is 4.74 Å². The minimum atomic E-state index is 0.674. The molecule has 0 N–H and O–H groups in total. The van der Waals surface area contributed by atoms with Crippen LogP contribution >= 0.6 is 0 Å². The van der Waals surface area contributed by atoms with Crippen LogP contribution in [0.15, 0.2) is 0 Å². The second-order valence-corrected chi connectivity index (χ2v) is 3.53. The number of rotatable bonds is 2. The van der Waals surface area contributed by atoms with Crippen LogP contribution in [0.5, 0.6) is 0 Å².